The Hall–Kier alpha value is -3.52. The van der Waals surface area contributed by atoms with Crippen LogP contribution in [-0.2, 0) is 9.59 Å². The molecule has 0 aliphatic carbocycles. The van der Waals surface area contributed by atoms with Crippen LogP contribution in [0.5, 0.6) is 11.5 Å². The van der Waals surface area contributed by atoms with Crippen LogP contribution in [0.2, 0.25) is 0 Å². The third-order valence-electron chi connectivity index (χ3n) is 5.42. The molecule has 2 unspecified atom stereocenters. The molecule has 2 aromatic carbocycles. The number of rotatable bonds is 4. The van der Waals surface area contributed by atoms with Crippen LogP contribution in [0.4, 0.5) is 5.69 Å². The van der Waals surface area contributed by atoms with Crippen LogP contribution in [0.25, 0.3) is 0 Å². The van der Waals surface area contributed by atoms with Crippen molar-refractivity contribution in [3.8, 4) is 11.5 Å². The summed E-state index contributed by atoms with van der Waals surface area (Å²) in [5.74, 6) is 0.896. The first kappa shape index (κ1) is 18.5. The first-order valence-corrected chi connectivity index (χ1v) is 9.95. The number of carbonyl (C=O) groups excluding carboxylic acids is 2. The summed E-state index contributed by atoms with van der Waals surface area (Å²) in [6.07, 6.45) is 4.10. The molecule has 2 aromatic rings. The Morgan fingerprint density at radius 2 is 1.87 bits per heavy atom. The van der Waals surface area contributed by atoms with Gasteiger partial charge >= 0.3 is 0 Å². The van der Waals surface area contributed by atoms with E-state index in [1.54, 1.807) is 24.4 Å². The van der Waals surface area contributed by atoms with Crippen molar-refractivity contribution in [1.29, 1.82) is 0 Å². The maximum absolute atomic E-state index is 12.9. The number of nitrogens with zero attached hydrogens (tertiary/aromatic N) is 2. The Morgan fingerprint density at radius 3 is 2.70 bits per heavy atom. The van der Waals surface area contributed by atoms with Gasteiger partial charge in [-0.1, -0.05) is 30.3 Å². The number of ether oxygens (including phenoxy) is 2. The molecule has 30 heavy (non-hydrogen) atoms. The van der Waals surface area contributed by atoms with Gasteiger partial charge in [0.1, 0.15) is 25.8 Å². The molecule has 1 saturated heterocycles. The fourth-order valence-corrected chi connectivity index (χ4v) is 3.95. The predicted octanol–water partition coefficient (Wildman–Crippen LogP) is 2.03. The number of amides is 2. The zero-order chi connectivity index (χ0) is 20.5. The standard InChI is InChI=1S/C22H22N4O4/c27-21(23-16-6-7-19-20(12-16)30-11-10-29-19)14-25-8-9-26-18(22(25)28)13-17(24-26)15-4-2-1-3-5-15/h1-9,12,17-18,24H,10-11,13-14H2,(H,23,27). The molecule has 5 rings (SSSR count). The summed E-state index contributed by atoms with van der Waals surface area (Å²) >= 11 is 0. The normalized spacial score (nSPS) is 22.1. The Balaban J connectivity index is 1.22. The maximum atomic E-state index is 12.9. The van der Waals surface area contributed by atoms with Crippen LogP contribution in [0.15, 0.2) is 60.9 Å². The van der Waals surface area contributed by atoms with E-state index in [0.29, 0.717) is 36.8 Å². The van der Waals surface area contributed by atoms with Crippen molar-refractivity contribution in [1.82, 2.24) is 15.3 Å². The first-order chi connectivity index (χ1) is 14.7. The second kappa shape index (κ2) is 7.72. The highest BCUT2D eigenvalue weighted by Gasteiger charge is 2.40. The van der Waals surface area contributed by atoms with Gasteiger partial charge in [0.2, 0.25) is 5.91 Å². The average Bonchev–Trinajstić information content (AvgIpc) is 3.22. The molecule has 2 N–H and O–H groups in total. The molecule has 2 atom stereocenters. The van der Waals surface area contributed by atoms with E-state index >= 15 is 0 Å². The summed E-state index contributed by atoms with van der Waals surface area (Å²) in [4.78, 5) is 26.9. The quantitative estimate of drug-likeness (QED) is 0.809. The van der Waals surface area contributed by atoms with E-state index in [1.165, 1.54) is 4.90 Å². The molecule has 0 spiro atoms. The third kappa shape index (κ3) is 3.57. The molecule has 0 saturated carbocycles. The summed E-state index contributed by atoms with van der Waals surface area (Å²) in [6.45, 7) is 0.942. The highest BCUT2D eigenvalue weighted by molar-refractivity contribution is 5.96. The van der Waals surface area contributed by atoms with Crippen LogP contribution < -0.4 is 20.2 Å². The second-order valence-electron chi connectivity index (χ2n) is 7.42. The second-order valence-corrected chi connectivity index (χ2v) is 7.42. The van der Waals surface area contributed by atoms with Gasteiger partial charge in [-0.3, -0.25) is 9.59 Å². The van der Waals surface area contributed by atoms with Crippen molar-refractivity contribution in [3.05, 3.63) is 66.5 Å². The van der Waals surface area contributed by atoms with Gasteiger partial charge in [0, 0.05) is 24.2 Å². The smallest absolute Gasteiger partial charge is 0.251 e. The number of hydrogen-bond donors (Lipinski definition) is 2. The largest absolute Gasteiger partial charge is 0.486 e. The molecule has 0 radical (unpaired) electrons. The van der Waals surface area contributed by atoms with Crippen LogP contribution in [-0.4, -0.2) is 47.5 Å². The van der Waals surface area contributed by atoms with Gasteiger partial charge in [-0.15, -0.1) is 0 Å². The molecule has 2 amide bonds. The molecular weight excluding hydrogens is 384 g/mol. The monoisotopic (exact) mass is 406 g/mol. The number of carbonyl (C=O) groups is 2. The van der Waals surface area contributed by atoms with Crippen molar-refractivity contribution in [2.45, 2.75) is 18.5 Å². The molecule has 3 aliphatic rings. The molecule has 8 heteroatoms. The van der Waals surface area contributed by atoms with Crippen molar-refractivity contribution in [3.63, 3.8) is 0 Å². The minimum atomic E-state index is -0.331. The van der Waals surface area contributed by atoms with Crippen molar-refractivity contribution in [2.75, 3.05) is 25.1 Å². The van der Waals surface area contributed by atoms with Crippen molar-refractivity contribution < 1.29 is 19.1 Å². The minimum absolute atomic E-state index is 0.0515. The van der Waals surface area contributed by atoms with Crippen LogP contribution >= 0.6 is 0 Å². The number of hydrogen-bond acceptors (Lipinski definition) is 6. The van der Waals surface area contributed by atoms with Crippen molar-refractivity contribution in [2.24, 2.45) is 0 Å². The lowest BCUT2D eigenvalue weighted by Gasteiger charge is -2.31. The zero-order valence-electron chi connectivity index (χ0n) is 16.3. The Morgan fingerprint density at radius 1 is 1.07 bits per heavy atom. The number of fused-ring (bicyclic) bond motifs is 2. The summed E-state index contributed by atoms with van der Waals surface area (Å²) < 4.78 is 11.0. The number of hydrazine groups is 1. The maximum Gasteiger partial charge on any atom is 0.251 e. The number of anilines is 1. The van der Waals surface area contributed by atoms with Gasteiger partial charge in [-0.2, -0.15) is 0 Å². The van der Waals surface area contributed by atoms with Crippen LogP contribution in [0, 0.1) is 0 Å². The van der Waals surface area contributed by atoms with Gasteiger partial charge in [0.15, 0.2) is 11.5 Å². The van der Waals surface area contributed by atoms with Gasteiger partial charge in [-0.25, -0.2) is 5.43 Å². The summed E-state index contributed by atoms with van der Waals surface area (Å²) in [6, 6.07) is 15.0. The lowest BCUT2D eigenvalue weighted by atomic mass is 10.0. The van der Waals surface area contributed by atoms with E-state index in [1.807, 2.05) is 41.5 Å². The lowest BCUT2D eigenvalue weighted by Crippen LogP contribution is -2.49. The topological polar surface area (TPSA) is 83.1 Å². The SMILES string of the molecule is O=C(CN1C=CN2NC(c3ccccc3)CC2C1=O)Nc1ccc2c(c1)OCCO2. The summed E-state index contributed by atoms with van der Waals surface area (Å²) in [7, 11) is 0. The highest BCUT2D eigenvalue weighted by atomic mass is 16.6. The van der Waals surface area contributed by atoms with E-state index < -0.39 is 0 Å². The van der Waals surface area contributed by atoms with E-state index in [9.17, 15) is 9.59 Å². The minimum Gasteiger partial charge on any atom is -0.486 e. The molecule has 154 valence electrons. The fourth-order valence-electron chi connectivity index (χ4n) is 3.95. The van der Waals surface area contributed by atoms with Gasteiger partial charge in [0.25, 0.3) is 5.91 Å². The molecule has 3 heterocycles. The Labute approximate surface area is 174 Å². The average molecular weight is 406 g/mol. The van der Waals surface area contributed by atoms with E-state index in [4.69, 9.17) is 9.47 Å². The predicted molar refractivity (Wildman–Crippen MR) is 109 cm³/mol. The summed E-state index contributed by atoms with van der Waals surface area (Å²) in [5.41, 5.74) is 5.09. The molecule has 8 nitrogen and oxygen atoms in total. The van der Waals surface area contributed by atoms with Crippen molar-refractivity contribution >= 4 is 17.5 Å². The van der Waals surface area contributed by atoms with E-state index in [2.05, 4.69) is 10.7 Å². The molecule has 0 aromatic heterocycles. The van der Waals surface area contributed by atoms with Gasteiger partial charge in [-0.05, 0) is 24.1 Å². The van der Waals surface area contributed by atoms with Gasteiger partial charge < -0.3 is 24.7 Å². The van der Waals surface area contributed by atoms with Crippen LogP contribution in [0.1, 0.15) is 18.0 Å². The van der Waals surface area contributed by atoms with E-state index in [-0.39, 0.29) is 30.4 Å². The Kier molecular flexibility index (Phi) is 4.76. The molecule has 0 bridgehead atoms. The molecule has 3 aliphatic heterocycles. The molecule has 1 fully saturated rings. The Bertz CT molecular complexity index is 994. The fraction of sp³-hybridized carbons (Fsp3) is 0.273. The van der Waals surface area contributed by atoms with Crippen LogP contribution in [0.3, 0.4) is 0 Å². The lowest BCUT2D eigenvalue weighted by molar-refractivity contribution is -0.137. The van der Waals surface area contributed by atoms with E-state index in [0.717, 1.165) is 5.56 Å². The number of nitrogens with one attached hydrogen (secondary N) is 2. The highest BCUT2D eigenvalue weighted by Crippen LogP contribution is 2.33. The third-order valence-corrected chi connectivity index (χ3v) is 5.42. The first-order valence-electron chi connectivity index (χ1n) is 9.95. The summed E-state index contributed by atoms with van der Waals surface area (Å²) in [5, 5.41) is 4.65. The molecular formula is C22H22N4O4. The van der Waals surface area contributed by atoms with Gasteiger partial charge in [0.05, 0.1) is 6.04 Å². The number of benzene rings is 2. The zero-order valence-corrected chi connectivity index (χ0v) is 16.3.